The van der Waals surface area contributed by atoms with Crippen molar-refractivity contribution in [1.29, 1.82) is 0 Å². The summed E-state index contributed by atoms with van der Waals surface area (Å²) in [5, 5.41) is 0. The highest BCUT2D eigenvalue weighted by molar-refractivity contribution is 5.84. The normalized spacial score (nSPS) is 27.7. The molecule has 3 aliphatic carbocycles. The fraction of sp³-hybridized carbons (Fsp3) is 0.708. The summed E-state index contributed by atoms with van der Waals surface area (Å²) in [4.78, 5) is 12.3. The smallest absolute Gasteiger partial charge is 0.139 e. The van der Waals surface area contributed by atoms with Gasteiger partial charge in [-0.15, -0.1) is 0 Å². The number of rotatable bonds is 3. The van der Waals surface area contributed by atoms with Crippen LogP contribution in [-0.2, 0) is 4.79 Å². The summed E-state index contributed by atoms with van der Waals surface area (Å²) in [7, 11) is 0. The Balaban J connectivity index is 0.000000219. The first-order chi connectivity index (χ1) is 12.2. The lowest BCUT2D eigenvalue weighted by atomic mass is 9.67. The minimum atomic E-state index is 0.454. The van der Waals surface area contributed by atoms with Gasteiger partial charge in [0.05, 0.1) is 0 Å². The van der Waals surface area contributed by atoms with Crippen molar-refractivity contribution in [3.63, 3.8) is 0 Å². The van der Waals surface area contributed by atoms with Gasteiger partial charge in [0.25, 0.3) is 0 Å². The lowest BCUT2D eigenvalue weighted by molar-refractivity contribution is -0.130. The molecule has 3 aliphatic rings. The van der Waals surface area contributed by atoms with Crippen LogP contribution in [0.2, 0.25) is 0 Å². The Morgan fingerprint density at radius 1 is 0.680 bits per heavy atom. The number of hydrogen-bond donors (Lipinski definition) is 0. The van der Waals surface area contributed by atoms with Crippen molar-refractivity contribution >= 4 is 5.78 Å². The van der Waals surface area contributed by atoms with Crippen molar-refractivity contribution < 1.29 is 4.79 Å². The van der Waals surface area contributed by atoms with Gasteiger partial charge in [0, 0.05) is 11.8 Å². The molecule has 0 radical (unpaired) electrons. The molecule has 0 aromatic heterocycles. The van der Waals surface area contributed by atoms with Crippen LogP contribution in [0.1, 0.15) is 82.6 Å². The van der Waals surface area contributed by atoms with Crippen molar-refractivity contribution in [2.24, 2.45) is 23.7 Å². The Labute approximate surface area is 154 Å². The maximum atomic E-state index is 12.3. The Morgan fingerprint density at radius 3 is 1.72 bits per heavy atom. The SMILES string of the molecule is Cc1ccccc1.O=C(C1CCC1)C1CCC(C2CCCCC2)CC1. The summed E-state index contributed by atoms with van der Waals surface area (Å²) < 4.78 is 0. The van der Waals surface area contributed by atoms with E-state index in [-0.39, 0.29) is 0 Å². The van der Waals surface area contributed by atoms with Gasteiger partial charge in [-0.1, -0.05) is 74.4 Å². The van der Waals surface area contributed by atoms with E-state index in [1.54, 1.807) is 0 Å². The third-order valence-corrected chi connectivity index (χ3v) is 6.94. The maximum Gasteiger partial charge on any atom is 0.139 e. The molecule has 0 saturated heterocycles. The number of carbonyl (C=O) groups is 1. The summed E-state index contributed by atoms with van der Waals surface area (Å²) >= 11 is 0. The number of ketones is 1. The molecule has 0 N–H and O–H groups in total. The lowest BCUT2D eigenvalue weighted by Gasteiger charge is -2.37. The molecule has 25 heavy (non-hydrogen) atoms. The Kier molecular flexibility index (Phi) is 7.13. The van der Waals surface area contributed by atoms with Gasteiger partial charge in [-0.2, -0.15) is 0 Å². The Bertz CT molecular complexity index is 502. The minimum absolute atomic E-state index is 0.454. The van der Waals surface area contributed by atoms with Gasteiger partial charge >= 0.3 is 0 Å². The van der Waals surface area contributed by atoms with E-state index in [1.165, 1.54) is 82.6 Å². The third kappa shape index (κ3) is 5.43. The fourth-order valence-corrected chi connectivity index (χ4v) is 5.04. The zero-order valence-electron chi connectivity index (χ0n) is 16.1. The van der Waals surface area contributed by atoms with Crippen LogP contribution in [0.5, 0.6) is 0 Å². The van der Waals surface area contributed by atoms with Crippen LogP contribution in [0.3, 0.4) is 0 Å². The molecular formula is C24H36O. The van der Waals surface area contributed by atoms with Crippen molar-refractivity contribution in [1.82, 2.24) is 0 Å². The zero-order chi connectivity index (χ0) is 17.5. The fourth-order valence-electron chi connectivity index (χ4n) is 5.04. The van der Waals surface area contributed by atoms with E-state index in [0.29, 0.717) is 17.6 Å². The number of benzene rings is 1. The number of carbonyl (C=O) groups excluding carboxylic acids is 1. The summed E-state index contributed by atoms with van der Waals surface area (Å²) in [6, 6.07) is 10.3. The summed E-state index contributed by atoms with van der Waals surface area (Å²) in [6.07, 6.45) is 16.2. The highest BCUT2D eigenvalue weighted by Gasteiger charge is 2.35. The van der Waals surface area contributed by atoms with Crippen LogP contribution >= 0.6 is 0 Å². The second-order valence-corrected chi connectivity index (χ2v) is 8.69. The molecular weight excluding hydrogens is 304 g/mol. The van der Waals surface area contributed by atoms with Crippen LogP contribution in [0.15, 0.2) is 30.3 Å². The summed E-state index contributed by atoms with van der Waals surface area (Å²) in [6.45, 7) is 2.08. The van der Waals surface area contributed by atoms with Gasteiger partial charge in [0.1, 0.15) is 5.78 Å². The average Bonchev–Trinajstić information content (AvgIpc) is 2.62. The molecule has 1 aromatic rings. The third-order valence-electron chi connectivity index (χ3n) is 6.94. The van der Waals surface area contributed by atoms with Crippen molar-refractivity contribution in [3.05, 3.63) is 35.9 Å². The summed E-state index contributed by atoms with van der Waals surface area (Å²) in [5.41, 5.74) is 1.32. The van der Waals surface area contributed by atoms with Gasteiger partial charge in [0.2, 0.25) is 0 Å². The predicted molar refractivity (Wildman–Crippen MR) is 106 cm³/mol. The molecule has 3 fully saturated rings. The molecule has 0 unspecified atom stereocenters. The van der Waals surface area contributed by atoms with E-state index in [4.69, 9.17) is 0 Å². The van der Waals surface area contributed by atoms with E-state index in [9.17, 15) is 4.79 Å². The van der Waals surface area contributed by atoms with Gasteiger partial charge in [-0.3, -0.25) is 4.79 Å². The number of Topliss-reactive ketones (excluding diaryl/α,β-unsaturated/α-hetero) is 1. The first-order valence-corrected chi connectivity index (χ1v) is 10.8. The number of hydrogen-bond acceptors (Lipinski definition) is 1. The molecule has 0 spiro atoms. The molecule has 0 amide bonds. The standard InChI is InChI=1S/C17H28O.C7H8/c18-17(15-7-4-8-15)16-11-9-14(10-12-16)13-5-2-1-3-6-13;1-7-5-3-2-4-6-7/h13-16H,1-12H2;2-6H,1H3. The van der Waals surface area contributed by atoms with Gasteiger partial charge in [0.15, 0.2) is 0 Å². The first-order valence-electron chi connectivity index (χ1n) is 10.8. The van der Waals surface area contributed by atoms with Crippen LogP contribution in [0, 0.1) is 30.6 Å². The largest absolute Gasteiger partial charge is 0.299 e. The van der Waals surface area contributed by atoms with Crippen LogP contribution in [0.25, 0.3) is 0 Å². The van der Waals surface area contributed by atoms with Crippen LogP contribution in [0.4, 0.5) is 0 Å². The van der Waals surface area contributed by atoms with E-state index < -0.39 is 0 Å². The molecule has 3 saturated carbocycles. The zero-order valence-corrected chi connectivity index (χ0v) is 16.1. The first kappa shape index (κ1) is 18.7. The van der Waals surface area contributed by atoms with Crippen molar-refractivity contribution in [2.45, 2.75) is 84.0 Å². The van der Waals surface area contributed by atoms with Gasteiger partial charge in [-0.25, -0.2) is 0 Å². The second-order valence-electron chi connectivity index (χ2n) is 8.69. The molecule has 0 bridgehead atoms. The van der Waals surface area contributed by atoms with E-state index in [0.717, 1.165) is 11.8 Å². The minimum Gasteiger partial charge on any atom is -0.299 e. The van der Waals surface area contributed by atoms with E-state index >= 15 is 0 Å². The maximum absolute atomic E-state index is 12.3. The molecule has 138 valence electrons. The van der Waals surface area contributed by atoms with Gasteiger partial charge in [-0.05, 0) is 57.3 Å². The molecule has 1 aromatic carbocycles. The molecule has 4 rings (SSSR count). The monoisotopic (exact) mass is 340 g/mol. The molecule has 1 nitrogen and oxygen atoms in total. The average molecular weight is 341 g/mol. The number of aryl methyl sites for hydroxylation is 1. The highest BCUT2D eigenvalue weighted by atomic mass is 16.1. The van der Waals surface area contributed by atoms with Crippen molar-refractivity contribution in [2.75, 3.05) is 0 Å². The topological polar surface area (TPSA) is 17.1 Å². The molecule has 1 heteroatoms. The lowest BCUT2D eigenvalue weighted by Crippen LogP contribution is -2.32. The Morgan fingerprint density at radius 2 is 1.24 bits per heavy atom. The predicted octanol–water partition coefficient (Wildman–Crippen LogP) is 6.74. The summed E-state index contributed by atoms with van der Waals surface area (Å²) in [5.74, 6) is 3.55. The van der Waals surface area contributed by atoms with E-state index in [2.05, 4.69) is 19.1 Å². The highest BCUT2D eigenvalue weighted by Crippen LogP contribution is 2.42. The molecule has 0 atom stereocenters. The van der Waals surface area contributed by atoms with Crippen molar-refractivity contribution in [3.8, 4) is 0 Å². The quantitative estimate of drug-likeness (QED) is 0.595. The Hall–Kier alpha value is -1.11. The van der Waals surface area contributed by atoms with Gasteiger partial charge < -0.3 is 0 Å². The molecule has 0 aliphatic heterocycles. The second kappa shape index (κ2) is 9.55. The van der Waals surface area contributed by atoms with Crippen LogP contribution in [-0.4, -0.2) is 5.78 Å². The van der Waals surface area contributed by atoms with E-state index in [1.807, 2.05) is 18.2 Å². The van der Waals surface area contributed by atoms with Crippen LogP contribution < -0.4 is 0 Å². The molecule has 0 heterocycles.